The predicted octanol–water partition coefficient (Wildman–Crippen LogP) is 6.98. The van der Waals surface area contributed by atoms with Gasteiger partial charge in [-0.2, -0.15) is 0 Å². The minimum atomic E-state index is -0.492. The molecule has 270 valence electrons. The lowest BCUT2D eigenvalue weighted by Gasteiger charge is -2.22. The van der Waals surface area contributed by atoms with Gasteiger partial charge in [-0.25, -0.2) is 17.6 Å². The number of rotatable bonds is 10. The first-order chi connectivity index (χ1) is 25.2. The fraction of sp³-hybridized carbons (Fsp3) is 0.211. The summed E-state index contributed by atoms with van der Waals surface area (Å²) >= 11 is 0. The third-order valence-electron chi connectivity index (χ3n) is 8.58. The number of carbonyl (C=O) groups excluding carboxylic acids is 2. The number of anilines is 6. The van der Waals surface area contributed by atoms with Crippen LogP contribution in [0.4, 0.5) is 51.7 Å². The molecule has 4 aromatic carbocycles. The molecule has 14 heteroatoms. The zero-order chi connectivity index (χ0) is 36.6. The summed E-state index contributed by atoms with van der Waals surface area (Å²) < 4.78 is 60.5. The molecule has 1 fully saturated rings. The van der Waals surface area contributed by atoms with E-state index in [1.54, 1.807) is 18.2 Å². The number of aliphatic hydroxyl groups is 1. The van der Waals surface area contributed by atoms with Gasteiger partial charge in [-0.3, -0.25) is 9.59 Å². The summed E-state index contributed by atoms with van der Waals surface area (Å²) in [6.45, 7) is 2.37. The second-order valence-corrected chi connectivity index (χ2v) is 12.2. The first kappa shape index (κ1) is 35.9. The molecule has 4 aromatic rings. The van der Waals surface area contributed by atoms with Gasteiger partial charge in [0, 0.05) is 72.6 Å². The lowest BCUT2D eigenvalue weighted by molar-refractivity contribution is -0.111. The molecule has 0 unspecified atom stereocenters. The van der Waals surface area contributed by atoms with Crippen LogP contribution < -0.4 is 31.9 Å². The molecule has 0 spiro atoms. The Hall–Kier alpha value is -5.86. The van der Waals surface area contributed by atoms with Crippen molar-refractivity contribution in [1.29, 1.82) is 0 Å². The number of hydrogen-bond acceptors (Lipinski definition) is 8. The molecule has 0 atom stereocenters. The van der Waals surface area contributed by atoms with E-state index >= 15 is 0 Å². The van der Waals surface area contributed by atoms with Crippen molar-refractivity contribution in [3.8, 4) is 0 Å². The van der Waals surface area contributed by atoms with Crippen LogP contribution in [-0.2, 0) is 14.3 Å². The van der Waals surface area contributed by atoms with Crippen molar-refractivity contribution in [2.45, 2.75) is 12.8 Å². The average Bonchev–Trinajstić information content (AvgIpc) is 3.62. The molecule has 0 aliphatic carbocycles. The minimum Gasteiger partial charge on any atom is -0.395 e. The zero-order valence-corrected chi connectivity index (χ0v) is 27.8. The van der Waals surface area contributed by atoms with E-state index < -0.39 is 17.5 Å². The average molecular weight is 717 g/mol. The summed E-state index contributed by atoms with van der Waals surface area (Å²) in [5.74, 6) is -1.94. The van der Waals surface area contributed by atoms with Gasteiger partial charge in [0.25, 0.3) is 11.8 Å². The molecule has 7 rings (SSSR count). The third kappa shape index (κ3) is 8.71. The highest BCUT2D eigenvalue weighted by Crippen LogP contribution is 2.34. The van der Waals surface area contributed by atoms with E-state index in [1.807, 2.05) is 0 Å². The summed E-state index contributed by atoms with van der Waals surface area (Å²) in [4.78, 5) is 24.0. The summed E-state index contributed by atoms with van der Waals surface area (Å²) in [5.41, 5.74) is 4.24. The SMILES string of the molecule is O=C1Nc2ccc(F)cc2C1=CNc1ccc(NCC2CCOCC2)c(F)c1.O=C1Nc2ccc(F)cc2C1=CNc1ccc(NCCO)c(F)c1. The number of amides is 2. The molecule has 7 N–H and O–H groups in total. The maximum atomic E-state index is 14.4. The fourth-order valence-electron chi connectivity index (χ4n) is 5.81. The largest absolute Gasteiger partial charge is 0.395 e. The Labute approximate surface area is 297 Å². The number of nitrogens with one attached hydrogen (secondary N) is 6. The molecule has 0 saturated carbocycles. The Bertz CT molecular complexity index is 2030. The van der Waals surface area contributed by atoms with Crippen LogP contribution in [0.2, 0.25) is 0 Å². The number of hydrogen-bond donors (Lipinski definition) is 7. The van der Waals surface area contributed by atoms with Gasteiger partial charge in [0.1, 0.15) is 23.3 Å². The summed E-state index contributed by atoms with van der Waals surface area (Å²) in [7, 11) is 0. The highest BCUT2D eigenvalue weighted by atomic mass is 19.1. The molecular formula is C38H36F4N6O4. The van der Waals surface area contributed by atoms with Crippen molar-refractivity contribution < 1.29 is 37.0 Å². The van der Waals surface area contributed by atoms with Crippen molar-refractivity contribution in [3.63, 3.8) is 0 Å². The fourth-order valence-corrected chi connectivity index (χ4v) is 5.81. The van der Waals surface area contributed by atoms with E-state index in [-0.39, 0.29) is 42.0 Å². The van der Waals surface area contributed by atoms with Crippen LogP contribution in [0.15, 0.2) is 85.2 Å². The van der Waals surface area contributed by atoms with Crippen LogP contribution in [0.3, 0.4) is 0 Å². The van der Waals surface area contributed by atoms with Crippen molar-refractivity contribution in [2.75, 3.05) is 64.8 Å². The minimum absolute atomic E-state index is 0.101. The molecule has 52 heavy (non-hydrogen) atoms. The number of ether oxygens (including phenoxy) is 1. The smallest absolute Gasteiger partial charge is 0.257 e. The van der Waals surface area contributed by atoms with Gasteiger partial charge < -0.3 is 41.7 Å². The van der Waals surface area contributed by atoms with Gasteiger partial charge >= 0.3 is 0 Å². The van der Waals surface area contributed by atoms with Gasteiger partial charge in [0.05, 0.1) is 29.1 Å². The lowest BCUT2D eigenvalue weighted by Crippen LogP contribution is -2.22. The quantitative estimate of drug-likeness (QED) is 0.0691. The van der Waals surface area contributed by atoms with Gasteiger partial charge in [-0.1, -0.05) is 0 Å². The first-order valence-corrected chi connectivity index (χ1v) is 16.6. The summed E-state index contributed by atoms with van der Waals surface area (Å²) in [6.07, 6.45) is 4.83. The van der Waals surface area contributed by atoms with E-state index in [2.05, 4.69) is 31.9 Å². The van der Waals surface area contributed by atoms with Crippen molar-refractivity contribution >= 4 is 57.1 Å². The van der Waals surface area contributed by atoms with Crippen molar-refractivity contribution in [1.82, 2.24) is 0 Å². The molecular weight excluding hydrogens is 680 g/mol. The maximum Gasteiger partial charge on any atom is 0.257 e. The first-order valence-electron chi connectivity index (χ1n) is 16.6. The Balaban J connectivity index is 0.000000181. The molecule has 0 radical (unpaired) electrons. The van der Waals surface area contributed by atoms with Crippen LogP contribution in [-0.4, -0.2) is 49.8 Å². The van der Waals surface area contributed by atoms with E-state index in [1.165, 1.54) is 67.0 Å². The second kappa shape index (κ2) is 16.4. The van der Waals surface area contributed by atoms with Crippen LogP contribution in [0, 0.1) is 29.2 Å². The van der Waals surface area contributed by atoms with Crippen LogP contribution in [0.25, 0.3) is 11.1 Å². The summed E-state index contributed by atoms with van der Waals surface area (Å²) in [6, 6.07) is 17.3. The van der Waals surface area contributed by atoms with E-state index in [0.717, 1.165) is 26.1 Å². The van der Waals surface area contributed by atoms with Crippen molar-refractivity contribution in [3.05, 3.63) is 120 Å². The number of benzene rings is 4. The van der Waals surface area contributed by atoms with Crippen LogP contribution in [0.1, 0.15) is 24.0 Å². The van der Waals surface area contributed by atoms with Crippen LogP contribution >= 0.6 is 0 Å². The maximum absolute atomic E-state index is 14.4. The van der Waals surface area contributed by atoms with Gasteiger partial charge in [0.15, 0.2) is 0 Å². The molecule has 10 nitrogen and oxygen atoms in total. The Morgan fingerprint density at radius 3 is 1.67 bits per heavy atom. The van der Waals surface area contributed by atoms with Gasteiger partial charge in [0.2, 0.25) is 0 Å². The monoisotopic (exact) mass is 716 g/mol. The number of carbonyl (C=O) groups is 2. The van der Waals surface area contributed by atoms with Gasteiger partial charge in [-0.15, -0.1) is 0 Å². The molecule has 1 saturated heterocycles. The highest BCUT2D eigenvalue weighted by molar-refractivity contribution is 6.32. The zero-order valence-electron chi connectivity index (χ0n) is 27.8. The normalized spacial score (nSPS) is 16.4. The van der Waals surface area contributed by atoms with Crippen molar-refractivity contribution in [2.24, 2.45) is 5.92 Å². The third-order valence-corrected chi connectivity index (χ3v) is 8.58. The molecule has 3 aliphatic heterocycles. The molecule has 0 bridgehead atoms. The number of fused-ring (bicyclic) bond motifs is 2. The molecule has 3 heterocycles. The van der Waals surface area contributed by atoms with Gasteiger partial charge in [-0.05, 0) is 91.6 Å². The van der Waals surface area contributed by atoms with Crippen LogP contribution in [0.5, 0.6) is 0 Å². The highest BCUT2D eigenvalue weighted by Gasteiger charge is 2.25. The Morgan fingerprint density at radius 2 is 1.19 bits per heavy atom. The number of halogens is 4. The van der Waals surface area contributed by atoms with E-state index in [9.17, 15) is 27.2 Å². The predicted molar refractivity (Wildman–Crippen MR) is 194 cm³/mol. The molecule has 3 aliphatic rings. The standard InChI is InChI=1S/C21H21F2N3O2.C17H15F2N3O2/c22-14-1-3-19-16(9-14)17(21(27)26-19)12-24-15-2-4-20(18(23)10-15)25-11-13-5-7-28-8-6-13;18-10-1-3-15-12(7-10)13(17(24)22-15)9-21-11-2-4-16(14(19)8-11)20-5-6-23/h1-4,9-10,12-13,24-25H,5-8,11H2,(H,26,27);1-4,7-9,20-21,23H,5-6H2,(H,22,24). The number of aliphatic hydroxyl groups excluding tert-OH is 1. The topological polar surface area (TPSA) is 136 Å². The summed E-state index contributed by atoms with van der Waals surface area (Å²) in [5, 5.41) is 25.7. The molecule has 0 aromatic heterocycles. The Kier molecular flexibility index (Phi) is 11.4. The van der Waals surface area contributed by atoms with E-state index in [0.29, 0.717) is 57.6 Å². The molecule has 2 amide bonds. The van der Waals surface area contributed by atoms with E-state index in [4.69, 9.17) is 9.84 Å². The lowest BCUT2D eigenvalue weighted by atomic mass is 10.0. The Morgan fingerprint density at radius 1 is 0.692 bits per heavy atom. The second-order valence-electron chi connectivity index (χ2n) is 12.2.